The standard InChI is InChI=1S/C20H32N4O/c1-2-8-21-20(3-1)24-13-11-23(12-14-24)19-4-9-22(10-5-19)17-18-6-15-25-16-7-18/h1-3,8,18-19H,4-7,9-17H2. The molecule has 3 saturated heterocycles. The van der Waals surface area contributed by atoms with E-state index in [1.807, 2.05) is 12.3 Å². The monoisotopic (exact) mass is 344 g/mol. The fraction of sp³-hybridized carbons (Fsp3) is 0.750. The summed E-state index contributed by atoms with van der Waals surface area (Å²) in [6, 6.07) is 7.00. The van der Waals surface area contributed by atoms with Gasteiger partial charge in [0.2, 0.25) is 0 Å². The van der Waals surface area contributed by atoms with Crippen LogP contribution < -0.4 is 4.90 Å². The first-order valence-electron chi connectivity index (χ1n) is 10.1. The van der Waals surface area contributed by atoms with E-state index >= 15 is 0 Å². The number of aromatic nitrogens is 1. The molecule has 5 nitrogen and oxygen atoms in total. The summed E-state index contributed by atoms with van der Waals surface area (Å²) in [7, 11) is 0. The van der Waals surface area contributed by atoms with E-state index in [9.17, 15) is 0 Å². The van der Waals surface area contributed by atoms with Crippen LogP contribution >= 0.6 is 0 Å². The van der Waals surface area contributed by atoms with Gasteiger partial charge in [-0.05, 0) is 56.8 Å². The molecule has 0 radical (unpaired) electrons. The molecule has 138 valence electrons. The summed E-state index contributed by atoms with van der Waals surface area (Å²) >= 11 is 0. The molecule has 4 heterocycles. The minimum atomic E-state index is 0.789. The maximum Gasteiger partial charge on any atom is 0.128 e. The molecular formula is C20H32N4O. The highest BCUT2D eigenvalue weighted by Crippen LogP contribution is 2.23. The summed E-state index contributed by atoms with van der Waals surface area (Å²) in [5, 5.41) is 0. The molecular weight excluding hydrogens is 312 g/mol. The Labute approximate surface area is 152 Å². The van der Waals surface area contributed by atoms with Crippen LogP contribution in [0.3, 0.4) is 0 Å². The minimum Gasteiger partial charge on any atom is -0.381 e. The Morgan fingerprint density at radius 1 is 0.920 bits per heavy atom. The summed E-state index contributed by atoms with van der Waals surface area (Å²) in [6.07, 6.45) is 7.10. The SMILES string of the molecule is c1ccc(N2CCN(C3CCN(CC4CCOCC4)CC3)CC2)nc1. The van der Waals surface area contributed by atoms with Crippen molar-refractivity contribution in [3.05, 3.63) is 24.4 Å². The van der Waals surface area contributed by atoms with Crippen LogP contribution in [0.25, 0.3) is 0 Å². The van der Waals surface area contributed by atoms with Crippen LogP contribution in [0.2, 0.25) is 0 Å². The number of piperidine rings is 1. The van der Waals surface area contributed by atoms with E-state index < -0.39 is 0 Å². The van der Waals surface area contributed by atoms with E-state index in [0.717, 1.165) is 44.1 Å². The first kappa shape index (κ1) is 17.3. The maximum absolute atomic E-state index is 5.49. The van der Waals surface area contributed by atoms with Crippen LogP contribution in [0.1, 0.15) is 25.7 Å². The van der Waals surface area contributed by atoms with Crippen LogP contribution in [-0.2, 0) is 4.74 Å². The lowest BCUT2D eigenvalue weighted by molar-refractivity contribution is 0.0407. The number of nitrogens with zero attached hydrogens (tertiary/aromatic N) is 4. The van der Waals surface area contributed by atoms with E-state index in [4.69, 9.17) is 4.74 Å². The molecule has 3 aliphatic rings. The molecule has 5 heteroatoms. The summed E-state index contributed by atoms with van der Waals surface area (Å²) in [5.41, 5.74) is 0. The highest BCUT2D eigenvalue weighted by Gasteiger charge is 2.28. The zero-order valence-electron chi connectivity index (χ0n) is 15.4. The van der Waals surface area contributed by atoms with Gasteiger partial charge in [-0.3, -0.25) is 4.90 Å². The minimum absolute atomic E-state index is 0.789. The molecule has 0 atom stereocenters. The quantitative estimate of drug-likeness (QED) is 0.835. The molecule has 1 aromatic heterocycles. The Balaban J connectivity index is 1.20. The van der Waals surface area contributed by atoms with Gasteiger partial charge in [-0.2, -0.15) is 0 Å². The average molecular weight is 345 g/mol. The molecule has 0 saturated carbocycles. The van der Waals surface area contributed by atoms with E-state index in [2.05, 4.69) is 31.8 Å². The zero-order valence-corrected chi connectivity index (χ0v) is 15.4. The summed E-state index contributed by atoms with van der Waals surface area (Å²) in [4.78, 5) is 12.4. The molecule has 0 unspecified atom stereocenters. The lowest BCUT2D eigenvalue weighted by Gasteiger charge is -2.43. The Kier molecular flexibility index (Phi) is 5.85. The van der Waals surface area contributed by atoms with Gasteiger partial charge in [0, 0.05) is 58.2 Å². The van der Waals surface area contributed by atoms with Gasteiger partial charge in [-0.15, -0.1) is 0 Å². The molecule has 25 heavy (non-hydrogen) atoms. The van der Waals surface area contributed by atoms with Crippen molar-refractivity contribution < 1.29 is 4.74 Å². The third-order valence-corrected chi connectivity index (χ3v) is 6.22. The van der Waals surface area contributed by atoms with Gasteiger partial charge in [-0.25, -0.2) is 4.98 Å². The van der Waals surface area contributed by atoms with E-state index in [1.54, 1.807) is 0 Å². The van der Waals surface area contributed by atoms with Gasteiger partial charge >= 0.3 is 0 Å². The van der Waals surface area contributed by atoms with Crippen LogP contribution in [0.4, 0.5) is 5.82 Å². The largest absolute Gasteiger partial charge is 0.381 e. The van der Waals surface area contributed by atoms with Crippen LogP contribution in [0.15, 0.2) is 24.4 Å². The normalized spacial score (nSPS) is 25.4. The van der Waals surface area contributed by atoms with Crippen molar-refractivity contribution >= 4 is 5.82 Å². The second kappa shape index (κ2) is 8.47. The third kappa shape index (κ3) is 4.52. The predicted octanol–water partition coefficient (Wildman–Crippen LogP) is 2.09. The number of pyridine rings is 1. The molecule has 0 aliphatic carbocycles. The van der Waals surface area contributed by atoms with Gasteiger partial charge in [0.15, 0.2) is 0 Å². The molecule has 0 bridgehead atoms. The number of rotatable bonds is 4. The van der Waals surface area contributed by atoms with Gasteiger partial charge in [0.1, 0.15) is 5.82 Å². The molecule has 1 aromatic rings. The molecule has 3 fully saturated rings. The lowest BCUT2D eigenvalue weighted by atomic mass is 9.96. The van der Waals surface area contributed by atoms with Gasteiger partial charge in [-0.1, -0.05) is 6.07 Å². The summed E-state index contributed by atoms with van der Waals surface area (Å²) in [6.45, 7) is 10.4. The van der Waals surface area contributed by atoms with Crippen molar-refractivity contribution in [3.8, 4) is 0 Å². The number of ether oxygens (including phenoxy) is 1. The number of anilines is 1. The molecule has 0 spiro atoms. The fourth-order valence-corrected chi connectivity index (χ4v) is 4.62. The Morgan fingerprint density at radius 3 is 2.36 bits per heavy atom. The topological polar surface area (TPSA) is 31.8 Å². The number of hydrogen-bond acceptors (Lipinski definition) is 5. The first-order valence-corrected chi connectivity index (χ1v) is 10.1. The summed E-state index contributed by atoms with van der Waals surface area (Å²) < 4.78 is 5.49. The van der Waals surface area contributed by atoms with Crippen LogP contribution in [0.5, 0.6) is 0 Å². The van der Waals surface area contributed by atoms with Crippen LogP contribution in [-0.4, -0.2) is 79.9 Å². The van der Waals surface area contributed by atoms with Crippen molar-refractivity contribution in [2.75, 3.05) is 63.9 Å². The van der Waals surface area contributed by atoms with Crippen LogP contribution in [0, 0.1) is 5.92 Å². The maximum atomic E-state index is 5.49. The van der Waals surface area contributed by atoms with Gasteiger partial charge in [0.05, 0.1) is 0 Å². The first-order chi connectivity index (χ1) is 12.4. The second-order valence-corrected chi connectivity index (χ2v) is 7.80. The number of hydrogen-bond donors (Lipinski definition) is 0. The zero-order chi connectivity index (χ0) is 16.9. The van der Waals surface area contributed by atoms with Gasteiger partial charge < -0.3 is 14.5 Å². The Hall–Kier alpha value is -1.17. The van der Waals surface area contributed by atoms with E-state index in [0.29, 0.717) is 0 Å². The lowest BCUT2D eigenvalue weighted by Crippen LogP contribution is -2.53. The predicted molar refractivity (Wildman–Crippen MR) is 101 cm³/mol. The van der Waals surface area contributed by atoms with E-state index in [1.165, 1.54) is 58.4 Å². The Bertz CT molecular complexity index is 504. The number of likely N-dealkylation sites (tertiary alicyclic amines) is 1. The molecule has 0 aromatic carbocycles. The molecule has 4 rings (SSSR count). The molecule has 0 amide bonds. The molecule has 0 N–H and O–H groups in total. The fourth-order valence-electron chi connectivity index (χ4n) is 4.62. The third-order valence-electron chi connectivity index (χ3n) is 6.22. The average Bonchev–Trinajstić information content (AvgIpc) is 2.70. The van der Waals surface area contributed by atoms with Crippen molar-refractivity contribution in [3.63, 3.8) is 0 Å². The highest BCUT2D eigenvalue weighted by molar-refractivity contribution is 5.38. The van der Waals surface area contributed by atoms with Crippen molar-refractivity contribution in [1.82, 2.24) is 14.8 Å². The Morgan fingerprint density at radius 2 is 1.68 bits per heavy atom. The van der Waals surface area contributed by atoms with Crippen molar-refractivity contribution in [2.24, 2.45) is 5.92 Å². The second-order valence-electron chi connectivity index (χ2n) is 7.80. The summed E-state index contributed by atoms with van der Waals surface area (Å²) in [5.74, 6) is 2.00. The number of piperazine rings is 1. The van der Waals surface area contributed by atoms with Crippen molar-refractivity contribution in [2.45, 2.75) is 31.7 Å². The molecule has 3 aliphatic heterocycles. The van der Waals surface area contributed by atoms with Crippen molar-refractivity contribution in [1.29, 1.82) is 0 Å². The highest BCUT2D eigenvalue weighted by atomic mass is 16.5. The smallest absolute Gasteiger partial charge is 0.128 e. The van der Waals surface area contributed by atoms with E-state index in [-0.39, 0.29) is 0 Å². The van der Waals surface area contributed by atoms with Gasteiger partial charge in [0.25, 0.3) is 0 Å².